The zero-order chi connectivity index (χ0) is 15.3. The minimum Gasteiger partial charge on any atom is -0.391 e. The van der Waals surface area contributed by atoms with E-state index < -0.39 is 0 Å². The van der Waals surface area contributed by atoms with Gasteiger partial charge < -0.3 is 10.4 Å². The highest BCUT2D eigenvalue weighted by molar-refractivity contribution is 5.62. The maximum Gasteiger partial charge on any atom is 0.0712 e. The van der Waals surface area contributed by atoms with Crippen LogP contribution in [0.3, 0.4) is 0 Å². The summed E-state index contributed by atoms with van der Waals surface area (Å²) in [5, 5.41) is 13.3. The van der Waals surface area contributed by atoms with Crippen molar-refractivity contribution in [1.82, 2.24) is 10.3 Å². The molecule has 112 valence electrons. The fourth-order valence-electron chi connectivity index (χ4n) is 2.05. The van der Waals surface area contributed by atoms with Crippen molar-refractivity contribution < 1.29 is 5.11 Å². The van der Waals surface area contributed by atoms with Gasteiger partial charge in [0.25, 0.3) is 0 Å². The number of pyridine rings is 1. The Balaban J connectivity index is 1.96. The van der Waals surface area contributed by atoms with Gasteiger partial charge in [-0.05, 0) is 34.2 Å². The van der Waals surface area contributed by atoms with Crippen LogP contribution in [0.15, 0.2) is 48.8 Å². The first-order valence-electron chi connectivity index (χ1n) is 7.35. The molecule has 3 nitrogen and oxygen atoms in total. The molecule has 0 amide bonds. The molecule has 1 aromatic carbocycles. The third-order valence-corrected chi connectivity index (χ3v) is 3.59. The van der Waals surface area contributed by atoms with E-state index in [-0.39, 0.29) is 11.5 Å². The number of hydrogen-bond acceptors (Lipinski definition) is 3. The molecule has 0 fully saturated rings. The monoisotopic (exact) mass is 284 g/mol. The molecule has 0 saturated heterocycles. The summed E-state index contributed by atoms with van der Waals surface area (Å²) in [4.78, 5) is 4.15. The quantitative estimate of drug-likeness (QED) is 0.886. The van der Waals surface area contributed by atoms with Crippen LogP contribution < -0.4 is 5.32 Å². The molecular formula is C18H24N2O. The molecule has 0 saturated carbocycles. The first kappa shape index (κ1) is 15.7. The highest BCUT2D eigenvalue weighted by atomic mass is 16.3. The molecule has 2 N–H and O–H groups in total. The summed E-state index contributed by atoms with van der Waals surface area (Å²) in [6.45, 7) is 7.48. The van der Waals surface area contributed by atoms with Crippen molar-refractivity contribution in [3.63, 3.8) is 0 Å². The van der Waals surface area contributed by atoms with Gasteiger partial charge in [0, 0.05) is 25.5 Å². The van der Waals surface area contributed by atoms with Crippen LogP contribution in [0.5, 0.6) is 0 Å². The van der Waals surface area contributed by atoms with Crippen LogP contribution in [0.2, 0.25) is 0 Å². The van der Waals surface area contributed by atoms with E-state index in [4.69, 9.17) is 0 Å². The standard InChI is InChI=1S/C18H24N2O/c1-18(2,3)17(21)13-20-11-14-6-4-7-15(10-14)16-8-5-9-19-12-16/h4-10,12,17,20-21H,11,13H2,1-3H3. The van der Waals surface area contributed by atoms with E-state index in [0.717, 1.165) is 12.1 Å². The Bertz CT molecular complexity index is 561. The summed E-state index contributed by atoms with van der Waals surface area (Å²) < 4.78 is 0. The van der Waals surface area contributed by atoms with Gasteiger partial charge in [0.15, 0.2) is 0 Å². The molecule has 0 aliphatic heterocycles. The second-order valence-corrected chi connectivity index (χ2v) is 6.45. The molecule has 0 bridgehead atoms. The molecule has 1 unspecified atom stereocenters. The second kappa shape index (κ2) is 6.83. The maximum absolute atomic E-state index is 10.0. The van der Waals surface area contributed by atoms with E-state index in [1.165, 1.54) is 11.1 Å². The van der Waals surface area contributed by atoms with Gasteiger partial charge in [0.2, 0.25) is 0 Å². The molecule has 2 aromatic rings. The fraction of sp³-hybridized carbons (Fsp3) is 0.389. The summed E-state index contributed by atoms with van der Waals surface area (Å²) in [6.07, 6.45) is 3.30. The van der Waals surface area contributed by atoms with Gasteiger partial charge in [-0.15, -0.1) is 0 Å². The van der Waals surface area contributed by atoms with Crippen LogP contribution in [0.25, 0.3) is 11.1 Å². The summed E-state index contributed by atoms with van der Waals surface area (Å²) in [5.41, 5.74) is 3.40. The van der Waals surface area contributed by atoms with Crippen LogP contribution in [-0.2, 0) is 6.54 Å². The van der Waals surface area contributed by atoms with Crippen molar-refractivity contribution in [2.24, 2.45) is 5.41 Å². The van der Waals surface area contributed by atoms with E-state index in [0.29, 0.717) is 6.54 Å². The average molecular weight is 284 g/mol. The van der Waals surface area contributed by atoms with Gasteiger partial charge in [0.1, 0.15) is 0 Å². The van der Waals surface area contributed by atoms with Gasteiger partial charge in [-0.25, -0.2) is 0 Å². The Morgan fingerprint density at radius 1 is 1.14 bits per heavy atom. The predicted molar refractivity (Wildman–Crippen MR) is 86.8 cm³/mol. The smallest absolute Gasteiger partial charge is 0.0712 e. The topological polar surface area (TPSA) is 45.1 Å². The van der Waals surface area contributed by atoms with Gasteiger partial charge in [-0.1, -0.05) is 45.0 Å². The fourth-order valence-corrected chi connectivity index (χ4v) is 2.05. The minimum atomic E-state index is -0.348. The number of benzene rings is 1. The molecule has 1 aromatic heterocycles. The molecule has 1 heterocycles. The summed E-state index contributed by atoms with van der Waals surface area (Å²) in [7, 11) is 0. The SMILES string of the molecule is CC(C)(C)C(O)CNCc1cccc(-c2cccnc2)c1. The molecule has 21 heavy (non-hydrogen) atoms. The van der Waals surface area contributed by atoms with Crippen molar-refractivity contribution >= 4 is 0 Å². The highest BCUT2D eigenvalue weighted by Gasteiger charge is 2.21. The molecule has 0 aliphatic carbocycles. The number of nitrogens with zero attached hydrogens (tertiary/aromatic N) is 1. The molecule has 0 spiro atoms. The lowest BCUT2D eigenvalue weighted by Gasteiger charge is -2.26. The molecule has 1 atom stereocenters. The van der Waals surface area contributed by atoms with Gasteiger partial charge in [0.05, 0.1) is 6.10 Å². The average Bonchev–Trinajstić information content (AvgIpc) is 2.47. The van der Waals surface area contributed by atoms with E-state index in [9.17, 15) is 5.11 Å². The molecular weight excluding hydrogens is 260 g/mol. The Kier molecular flexibility index (Phi) is 5.10. The Morgan fingerprint density at radius 2 is 1.90 bits per heavy atom. The number of aliphatic hydroxyl groups excluding tert-OH is 1. The predicted octanol–water partition coefficient (Wildman–Crippen LogP) is 3.25. The van der Waals surface area contributed by atoms with Crippen LogP contribution in [0, 0.1) is 5.41 Å². The lowest BCUT2D eigenvalue weighted by atomic mass is 9.89. The molecule has 2 rings (SSSR count). The van der Waals surface area contributed by atoms with E-state index in [1.54, 1.807) is 6.20 Å². The Morgan fingerprint density at radius 3 is 2.57 bits per heavy atom. The lowest BCUT2D eigenvalue weighted by molar-refractivity contribution is 0.0628. The van der Waals surface area contributed by atoms with Gasteiger partial charge in [-0.2, -0.15) is 0 Å². The highest BCUT2D eigenvalue weighted by Crippen LogP contribution is 2.20. The van der Waals surface area contributed by atoms with Crippen molar-refractivity contribution in [1.29, 1.82) is 0 Å². The first-order chi connectivity index (χ1) is 9.97. The van der Waals surface area contributed by atoms with E-state index in [1.807, 2.05) is 33.0 Å². The third kappa shape index (κ3) is 4.66. The van der Waals surface area contributed by atoms with Gasteiger partial charge in [-0.3, -0.25) is 4.98 Å². The minimum absolute atomic E-state index is 0.0927. The van der Waals surface area contributed by atoms with Gasteiger partial charge >= 0.3 is 0 Å². The van der Waals surface area contributed by atoms with Crippen molar-refractivity contribution in [2.75, 3.05) is 6.54 Å². The van der Waals surface area contributed by atoms with Crippen LogP contribution in [0.4, 0.5) is 0 Å². The zero-order valence-electron chi connectivity index (χ0n) is 13.0. The zero-order valence-corrected chi connectivity index (χ0v) is 13.0. The summed E-state index contributed by atoms with van der Waals surface area (Å²) >= 11 is 0. The number of hydrogen-bond donors (Lipinski definition) is 2. The number of rotatable bonds is 5. The lowest BCUT2D eigenvalue weighted by Crippen LogP contribution is -2.36. The van der Waals surface area contributed by atoms with Crippen molar-refractivity contribution in [2.45, 2.75) is 33.4 Å². The van der Waals surface area contributed by atoms with Crippen molar-refractivity contribution in [3.05, 3.63) is 54.4 Å². The summed E-state index contributed by atoms with van der Waals surface area (Å²) in [5.74, 6) is 0. The summed E-state index contributed by atoms with van der Waals surface area (Å²) in [6, 6.07) is 12.4. The first-order valence-corrected chi connectivity index (χ1v) is 7.35. The maximum atomic E-state index is 10.0. The van der Waals surface area contributed by atoms with Crippen LogP contribution in [-0.4, -0.2) is 22.7 Å². The third-order valence-electron chi connectivity index (χ3n) is 3.59. The number of nitrogens with one attached hydrogen (secondary N) is 1. The molecule has 0 aliphatic rings. The molecule has 3 heteroatoms. The number of aromatic nitrogens is 1. The van der Waals surface area contributed by atoms with Crippen molar-refractivity contribution in [3.8, 4) is 11.1 Å². The largest absolute Gasteiger partial charge is 0.391 e. The van der Waals surface area contributed by atoms with Crippen LogP contribution in [0.1, 0.15) is 26.3 Å². The Labute approximate surface area is 127 Å². The van der Waals surface area contributed by atoms with E-state index >= 15 is 0 Å². The molecule has 0 radical (unpaired) electrons. The van der Waals surface area contributed by atoms with E-state index in [2.05, 4.69) is 40.6 Å². The normalized spacial score (nSPS) is 13.1. The second-order valence-electron chi connectivity index (χ2n) is 6.45. The Hall–Kier alpha value is -1.71. The van der Waals surface area contributed by atoms with Crippen LogP contribution >= 0.6 is 0 Å². The number of aliphatic hydroxyl groups is 1.